The smallest absolute Gasteiger partial charge is 0.293 e. The van der Waals surface area contributed by atoms with Crippen LogP contribution in [0.4, 0.5) is 34.5 Å². The highest BCUT2D eigenvalue weighted by molar-refractivity contribution is 6.07. The number of benzene rings is 2. The number of nitrogens with zero attached hydrogens (tertiary/aromatic N) is 5. The van der Waals surface area contributed by atoms with E-state index in [-0.39, 0.29) is 11.7 Å². The monoisotopic (exact) mass is 499 g/mol. The maximum Gasteiger partial charge on any atom is 0.293 e. The van der Waals surface area contributed by atoms with E-state index in [1.54, 1.807) is 11.1 Å². The lowest BCUT2D eigenvalue weighted by molar-refractivity contribution is -0.117. The second-order valence-corrected chi connectivity index (χ2v) is 9.48. The van der Waals surface area contributed by atoms with Gasteiger partial charge in [0, 0.05) is 61.5 Å². The van der Waals surface area contributed by atoms with Crippen molar-refractivity contribution in [2.45, 2.75) is 20.3 Å². The minimum absolute atomic E-state index is 0.139. The quantitative estimate of drug-likeness (QED) is 0.454. The first-order valence-electron chi connectivity index (χ1n) is 12.6. The van der Waals surface area contributed by atoms with E-state index in [1.807, 2.05) is 32.0 Å². The summed E-state index contributed by atoms with van der Waals surface area (Å²) in [6.45, 7) is 12.5. The Kier molecular flexibility index (Phi) is 6.96. The molecule has 0 aliphatic carbocycles. The van der Waals surface area contributed by atoms with E-state index in [0.29, 0.717) is 24.1 Å². The third-order valence-corrected chi connectivity index (χ3v) is 6.64. The number of rotatable bonds is 7. The van der Waals surface area contributed by atoms with E-state index in [0.717, 1.165) is 55.2 Å². The Hall–Kier alpha value is -4.11. The second-order valence-electron chi connectivity index (χ2n) is 9.48. The molecule has 2 aliphatic rings. The molecule has 192 valence electrons. The molecule has 9 nitrogen and oxygen atoms in total. The van der Waals surface area contributed by atoms with Crippen molar-refractivity contribution in [3.05, 3.63) is 66.6 Å². The van der Waals surface area contributed by atoms with Crippen molar-refractivity contribution < 1.29 is 9.53 Å². The number of piperazine rings is 1. The van der Waals surface area contributed by atoms with E-state index in [2.05, 4.69) is 63.3 Å². The molecule has 2 aromatic carbocycles. The number of nitrogens with one attached hydrogen (secondary N) is 2. The highest BCUT2D eigenvalue weighted by Gasteiger charge is 2.28. The first-order chi connectivity index (χ1) is 17.9. The van der Waals surface area contributed by atoms with Crippen LogP contribution in [-0.2, 0) is 4.79 Å². The molecule has 0 saturated carbocycles. The van der Waals surface area contributed by atoms with Crippen LogP contribution in [0.15, 0.2) is 61.0 Å². The predicted molar refractivity (Wildman–Crippen MR) is 148 cm³/mol. The van der Waals surface area contributed by atoms with Crippen molar-refractivity contribution in [2.75, 3.05) is 60.2 Å². The number of carbonyl (C=O) groups excluding carboxylic acids is 1. The van der Waals surface area contributed by atoms with Crippen LogP contribution in [0.25, 0.3) is 0 Å². The Balaban J connectivity index is 1.31. The Bertz CT molecular complexity index is 1300. The molecule has 0 bridgehead atoms. The van der Waals surface area contributed by atoms with Crippen LogP contribution < -0.4 is 25.2 Å². The van der Waals surface area contributed by atoms with Gasteiger partial charge >= 0.3 is 0 Å². The van der Waals surface area contributed by atoms with Crippen molar-refractivity contribution in [2.24, 2.45) is 0 Å². The topological polar surface area (TPSA) is 85.9 Å². The van der Waals surface area contributed by atoms with Gasteiger partial charge in [0.1, 0.15) is 5.82 Å². The molecule has 3 heterocycles. The Labute approximate surface area is 217 Å². The third kappa shape index (κ3) is 5.36. The van der Waals surface area contributed by atoms with Crippen molar-refractivity contribution in [1.82, 2.24) is 14.9 Å². The Morgan fingerprint density at radius 1 is 1.03 bits per heavy atom. The molecular formula is C28H33N7O2. The molecule has 37 heavy (non-hydrogen) atoms. The summed E-state index contributed by atoms with van der Waals surface area (Å²) < 4.78 is 5.63. The molecule has 5 rings (SSSR count). The highest BCUT2D eigenvalue weighted by atomic mass is 16.5. The van der Waals surface area contributed by atoms with E-state index < -0.39 is 0 Å². The van der Waals surface area contributed by atoms with E-state index in [9.17, 15) is 4.79 Å². The molecule has 0 radical (unpaired) electrons. The normalized spacial score (nSPS) is 15.9. The zero-order valence-corrected chi connectivity index (χ0v) is 21.6. The van der Waals surface area contributed by atoms with Gasteiger partial charge in [0.25, 0.3) is 5.91 Å². The van der Waals surface area contributed by atoms with Gasteiger partial charge in [0.15, 0.2) is 11.5 Å². The van der Waals surface area contributed by atoms with Crippen LogP contribution in [0.5, 0.6) is 5.75 Å². The summed E-state index contributed by atoms with van der Waals surface area (Å²) in [6.07, 6.45) is 2.61. The average molecular weight is 500 g/mol. The van der Waals surface area contributed by atoms with Gasteiger partial charge in [0.2, 0.25) is 5.95 Å². The van der Waals surface area contributed by atoms with Crippen molar-refractivity contribution >= 4 is 40.4 Å². The fourth-order valence-electron chi connectivity index (χ4n) is 4.49. The molecule has 0 atom stereocenters. The maximum atomic E-state index is 12.6. The number of likely N-dealkylation sites (N-methyl/N-ethyl adjacent to an activating group) is 1. The summed E-state index contributed by atoms with van der Waals surface area (Å²) >= 11 is 0. The van der Waals surface area contributed by atoms with Crippen LogP contribution in [0, 0.1) is 6.92 Å². The van der Waals surface area contributed by atoms with E-state index >= 15 is 0 Å². The predicted octanol–water partition coefficient (Wildman–Crippen LogP) is 4.67. The Morgan fingerprint density at radius 2 is 1.76 bits per heavy atom. The van der Waals surface area contributed by atoms with Gasteiger partial charge in [0.05, 0.1) is 5.69 Å². The van der Waals surface area contributed by atoms with Gasteiger partial charge in [-0.3, -0.25) is 4.79 Å². The van der Waals surface area contributed by atoms with Crippen LogP contribution in [0.3, 0.4) is 0 Å². The van der Waals surface area contributed by atoms with Crippen molar-refractivity contribution in [3.8, 4) is 5.75 Å². The number of aryl methyl sites for hydroxylation is 1. The number of hydrogen-bond acceptors (Lipinski definition) is 8. The van der Waals surface area contributed by atoms with Gasteiger partial charge in [-0.1, -0.05) is 13.5 Å². The third-order valence-electron chi connectivity index (χ3n) is 6.64. The average Bonchev–Trinajstić information content (AvgIpc) is 2.90. The molecular weight excluding hydrogens is 466 g/mol. The molecule has 3 aromatic rings. The number of aromatic nitrogens is 2. The van der Waals surface area contributed by atoms with Gasteiger partial charge in [-0.15, -0.1) is 0 Å². The summed E-state index contributed by atoms with van der Waals surface area (Å²) in [5.41, 5.74) is 4.57. The summed E-state index contributed by atoms with van der Waals surface area (Å²) in [7, 11) is 2.16. The highest BCUT2D eigenvalue weighted by Crippen LogP contribution is 2.38. The van der Waals surface area contributed by atoms with Crippen LogP contribution >= 0.6 is 0 Å². The number of amides is 1. The lowest BCUT2D eigenvalue weighted by Gasteiger charge is -2.34. The SMILES string of the molecule is C=C1Oc2ccc(Nc3nc(Nc4ccc(N5CCN(C)CC5)cc4)ncc3C)cc2N(CCC)C1=O. The first kappa shape index (κ1) is 24.6. The zero-order valence-electron chi connectivity index (χ0n) is 21.6. The largest absolute Gasteiger partial charge is 0.450 e. The maximum absolute atomic E-state index is 12.6. The molecule has 2 aliphatic heterocycles. The zero-order chi connectivity index (χ0) is 25.9. The van der Waals surface area contributed by atoms with Crippen molar-refractivity contribution in [3.63, 3.8) is 0 Å². The minimum atomic E-state index is -0.213. The number of carbonyl (C=O) groups is 1. The van der Waals surface area contributed by atoms with E-state index in [4.69, 9.17) is 9.72 Å². The van der Waals surface area contributed by atoms with Crippen molar-refractivity contribution in [1.29, 1.82) is 0 Å². The molecule has 1 fully saturated rings. The standard InChI is InChI=1S/C28H33N7O2/c1-5-12-35-24-17-22(8-11-25(24)37-20(3)27(35)36)30-26-19(2)18-29-28(32-26)31-21-6-9-23(10-7-21)34-15-13-33(4)14-16-34/h6-11,17-18H,3,5,12-16H2,1-2,4H3,(H2,29,30,31,32). The summed E-state index contributed by atoms with van der Waals surface area (Å²) in [5, 5.41) is 6.68. The molecule has 2 N–H and O–H groups in total. The van der Waals surface area contributed by atoms with Gasteiger partial charge in [-0.25, -0.2) is 4.98 Å². The van der Waals surface area contributed by atoms with Crippen LogP contribution in [0.2, 0.25) is 0 Å². The minimum Gasteiger partial charge on any atom is -0.450 e. The summed E-state index contributed by atoms with van der Waals surface area (Å²) in [4.78, 5) is 28.2. The lowest BCUT2D eigenvalue weighted by atomic mass is 10.2. The number of ether oxygens (including phenoxy) is 1. The van der Waals surface area contributed by atoms with Crippen LogP contribution in [-0.4, -0.2) is 60.5 Å². The van der Waals surface area contributed by atoms with Gasteiger partial charge in [-0.05, 0) is 62.9 Å². The fraction of sp³-hybridized carbons (Fsp3) is 0.321. The second kappa shape index (κ2) is 10.5. The summed E-state index contributed by atoms with van der Waals surface area (Å²) in [5.74, 6) is 1.72. The van der Waals surface area contributed by atoms with E-state index in [1.165, 1.54) is 5.69 Å². The molecule has 1 amide bonds. The van der Waals surface area contributed by atoms with Crippen LogP contribution in [0.1, 0.15) is 18.9 Å². The fourth-order valence-corrected chi connectivity index (χ4v) is 4.49. The Morgan fingerprint density at radius 3 is 2.49 bits per heavy atom. The number of hydrogen-bond donors (Lipinski definition) is 2. The molecule has 0 unspecified atom stereocenters. The number of fused-ring (bicyclic) bond motifs is 1. The lowest BCUT2D eigenvalue weighted by Crippen LogP contribution is -2.44. The van der Waals surface area contributed by atoms with Gasteiger partial charge in [-0.2, -0.15) is 4.98 Å². The molecule has 1 saturated heterocycles. The number of anilines is 6. The summed E-state index contributed by atoms with van der Waals surface area (Å²) in [6, 6.07) is 14.0. The molecule has 9 heteroatoms. The van der Waals surface area contributed by atoms with Gasteiger partial charge < -0.3 is 30.1 Å². The first-order valence-corrected chi connectivity index (χ1v) is 12.6. The molecule has 1 aromatic heterocycles. The molecule has 0 spiro atoms.